The van der Waals surface area contributed by atoms with Crippen molar-refractivity contribution < 1.29 is 4.39 Å². The number of rotatable bonds is 4. The number of hydrogen-bond donors (Lipinski definition) is 0. The van der Waals surface area contributed by atoms with Gasteiger partial charge in [0.25, 0.3) is 0 Å². The van der Waals surface area contributed by atoms with Crippen LogP contribution in [0.5, 0.6) is 0 Å². The van der Waals surface area contributed by atoms with Gasteiger partial charge in [-0.1, -0.05) is 0 Å². The second-order valence-electron chi connectivity index (χ2n) is 2.87. The van der Waals surface area contributed by atoms with Crippen molar-refractivity contribution in [1.29, 1.82) is 0 Å². The van der Waals surface area contributed by atoms with Gasteiger partial charge in [0.1, 0.15) is 0 Å². The third-order valence-corrected chi connectivity index (χ3v) is 2.81. The van der Waals surface area contributed by atoms with Gasteiger partial charge < -0.3 is 4.90 Å². The van der Waals surface area contributed by atoms with Crippen LogP contribution in [-0.4, -0.2) is 30.6 Å². The molecule has 2 nitrogen and oxygen atoms in total. The molecule has 1 heterocycles. The Morgan fingerprint density at radius 1 is 1.64 bits per heavy atom. The van der Waals surface area contributed by atoms with E-state index in [0.717, 1.165) is 12.3 Å². The van der Waals surface area contributed by atoms with E-state index in [2.05, 4.69) is 20.9 Å². The molecule has 0 aromatic carbocycles. The van der Waals surface area contributed by atoms with E-state index in [4.69, 9.17) is 0 Å². The first-order valence-corrected chi connectivity index (χ1v) is 6.35. The van der Waals surface area contributed by atoms with Crippen LogP contribution < -0.4 is 4.90 Å². The number of anilines is 1. The highest BCUT2D eigenvalue weighted by molar-refractivity contribution is 9.10. The lowest BCUT2D eigenvalue weighted by molar-refractivity contribution is 0.615. The van der Waals surface area contributed by atoms with Crippen molar-refractivity contribution in [2.75, 3.05) is 30.5 Å². The van der Waals surface area contributed by atoms with Crippen molar-refractivity contribution in [1.82, 2.24) is 4.98 Å². The maximum atomic E-state index is 13.4. The number of aromatic nitrogens is 1. The molecule has 0 fully saturated rings. The van der Waals surface area contributed by atoms with E-state index in [1.165, 1.54) is 6.07 Å². The Morgan fingerprint density at radius 2 is 2.36 bits per heavy atom. The van der Waals surface area contributed by atoms with Gasteiger partial charge in [-0.25, -0.2) is 9.37 Å². The van der Waals surface area contributed by atoms with Gasteiger partial charge >= 0.3 is 0 Å². The highest BCUT2D eigenvalue weighted by Gasteiger charge is 2.08. The van der Waals surface area contributed by atoms with Crippen LogP contribution in [0, 0.1) is 5.82 Å². The van der Waals surface area contributed by atoms with Gasteiger partial charge in [-0.3, -0.25) is 0 Å². The highest BCUT2D eigenvalue weighted by Crippen LogP contribution is 2.18. The quantitative estimate of drug-likeness (QED) is 0.843. The van der Waals surface area contributed by atoms with Crippen molar-refractivity contribution in [3.05, 3.63) is 22.6 Å². The van der Waals surface area contributed by atoms with E-state index in [-0.39, 0.29) is 5.82 Å². The van der Waals surface area contributed by atoms with Gasteiger partial charge in [0.05, 0.1) is 0 Å². The molecule has 5 heteroatoms. The molecule has 78 valence electrons. The van der Waals surface area contributed by atoms with E-state index in [1.54, 1.807) is 18.0 Å². The lowest BCUT2D eigenvalue weighted by Gasteiger charge is -2.17. The van der Waals surface area contributed by atoms with Gasteiger partial charge in [0, 0.05) is 30.0 Å². The lowest BCUT2D eigenvalue weighted by Crippen LogP contribution is -2.22. The Bertz CT molecular complexity index is 309. The van der Waals surface area contributed by atoms with Gasteiger partial charge in [-0.15, -0.1) is 0 Å². The van der Waals surface area contributed by atoms with Crippen LogP contribution in [0.2, 0.25) is 0 Å². The number of pyridine rings is 1. The zero-order valence-corrected chi connectivity index (χ0v) is 10.5. The molecule has 0 aliphatic carbocycles. The molecular formula is C9H12BrFN2S. The molecule has 0 spiro atoms. The fourth-order valence-electron chi connectivity index (χ4n) is 1.02. The first-order valence-electron chi connectivity index (χ1n) is 4.16. The molecule has 0 amide bonds. The molecule has 0 N–H and O–H groups in total. The van der Waals surface area contributed by atoms with Gasteiger partial charge in [-0.2, -0.15) is 11.8 Å². The summed E-state index contributed by atoms with van der Waals surface area (Å²) < 4.78 is 14.1. The predicted molar refractivity (Wildman–Crippen MR) is 63.5 cm³/mol. The zero-order valence-electron chi connectivity index (χ0n) is 8.13. The largest absolute Gasteiger partial charge is 0.356 e. The van der Waals surface area contributed by atoms with E-state index >= 15 is 0 Å². The van der Waals surface area contributed by atoms with Crippen LogP contribution >= 0.6 is 27.7 Å². The summed E-state index contributed by atoms with van der Waals surface area (Å²) in [5, 5.41) is 0. The molecule has 14 heavy (non-hydrogen) atoms. The maximum Gasteiger partial charge on any atom is 0.166 e. The third kappa shape index (κ3) is 3.13. The summed E-state index contributed by atoms with van der Waals surface area (Å²) in [4.78, 5) is 5.84. The van der Waals surface area contributed by atoms with E-state index in [0.29, 0.717) is 10.3 Å². The molecule has 0 aliphatic heterocycles. The van der Waals surface area contributed by atoms with E-state index in [1.807, 2.05) is 18.2 Å². The van der Waals surface area contributed by atoms with Gasteiger partial charge in [-0.05, 0) is 28.3 Å². The van der Waals surface area contributed by atoms with E-state index in [9.17, 15) is 4.39 Å². The molecule has 1 aromatic heterocycles. The second-order valence-corrected chi connectivity index (χ2v) is 4.77. The van der Waals surface area contributed by atoms with E-state index < -0.39 is 0 Å². The summed E-state index contributed by atoms with van der Waals surface area (Å²) in [5.41, 5.74) is 0. The maximum absolute atomic E-state index is 13.4. The molecule has 0 atom stereocenters. The molecule has 1 aromatic rings. The summed E-state index contributed by atoms with van der Waals surface area (Å²) in [5.74, 6) is 1.08. The normalized spacial score (nSPS) is 10.3. The van der Waals surface area contributed by atoms with Crippen molar-refractivity contribution in [2.24, 2.45) is 0 Å². The second kappa shape index (κ2) is 5.56. The van der Waals surface area contributed by atoms with Gasteiger partial charge in [0.2, 0.25) is 0 Å². The summed E-state index contributed by atoms with van der Waals surface area (Å²) >= 11 is 4.91. The fourth-order valence-corrected chi connectivity index (χ4v) is 1.78. The van der Waals surface area contributed by atoms with Crippen molar-refractivity contribution in [3.63, 3.8) is 0 Å². The number of halogens is 2. The Hall–Kier alpha value is -0.290. The Labute approximate surface area is 96.0 Å². The first-order chi connectivity index (χ1) is 6.65. The number of hydrogen-bond acceptors (Lipinski definition) is 3. The third-order valence-electron chi connectivity index (χ3n) is 1.78. The molecule has 0 saturated heterocycles. The van der Waals surface area contributed by atoms with Crippen LogP contribution in [0.1, 0.15) is 0 Å². The minimum Gasteiger partial charge on any atom is -0.356 e. The van der Waals surface area contributed by atoms with Crippen LogP contribution in [0.25, 0.3) is 0 Å². The summed E-state index contributed by atoms with van der Waals surface area (Å²) in [6, 6.07) is 1.43. The van der Waals surface area contributed by atoms with Crippen molar-refractivity contribution >= 4 is 33.5 Å². The SMILES string of the molecule is CSCCN(C)c1ncc(Br)cc1F. The zero-order chi connectivity index (χ0) is 10.6. The molecule has 0 unspecified atom stereocenters. The average Bonchev–Trinajstić information content (AvgIpc) is 2.14. The number of nitrogens with zero attached hydrogens (tertiary/aromatic N) is 2. The van der Waals surface area contributed by atoms with Crippen molar-refractivity contribution in [2.45, 2.75) is 0 Å². The molecule has 1 rings (SSSR count). The summed E-state index contributed by atoms with van der Waals surface area (Å²) in [6.45, 7) is 0.798. The van der Waals surface area contributed by atoms with Crippen molar-refractivity contribution in [3.8, 4) is 0 Å². The fraction of sp³-hybridized carbons (Fsp3) is 0.444. The summed E-state index contributed by atoms with van der Waals surface area (Å²) in [6.07, 6.45) is 3.63. The van der Waals surface area contributed by atoms with Crippen LogP contribution in [-0.2, 0) is 0 Å². The number of thioether (sulfide) groups is 1. The molecular weight excluding hydrogens is 267 g/mol. The highest BCUT2D eigenvalue weighted by atomic mass is 79.9. The van der Waals surface area contributed by atoms with Crippen LogP contribution in [0.15, 0.2) is 16.7 Å². The molecule has 0 bridgehead atoms. The monoisotopic (exact) mass is 278 g/mol. The summed E-state index contributed by atoms with van der Waals surface area (Å²) in [7, 11) is 1.84. The Morgan fingerprint density at radius 3 is 2.93 bits per heavy atom. The Kier molecular flexibility index (Phi) is 4.68. The topological polar surface area (TPSA) is 16.1 Å². The minimum absolute atomic E-state index is 0.289. The average molecular weight is 279 g/mol. The van der Waals surface area contributed by atoms with Gasteiger partial charge in [0.15, 0.2) is 11.6 Å². The standard InChI is InChI=1S/C9H12BrFN2S/c1-13(3-4-14-2)9-8(11)5-7(10)6-12-9/h5-6H,3-4H2,1-2H3. The smallest absolute Gasteiger partial charge is 0.166 e. The minimum atomic E-state index is -0.289. The molecule has 0 saturated carbocycles. The lowest BCUT2D eigenvalue weighted by atomic mass is 10.4. The van der Waals surface area contributed by atoms with Crippen LogP contribution in [0.4, 0.5) is 10.2 Å². The molecule has 0 radical (unpaired) electrons. The first kappa shape index (κ1) is 11.8. The molecule has 0 aliphatic rings. The Balaban J connectivity index is 2.74. The predicted octanol–water partition coefficient (Wildman–Crippen LogP) is 2.78. The van der Waals surface area contributed by atoms with Crippen LogP contribution in [0.3, 0.4) is 0 Å².